The molecule has 4 nitrogen and oxygen atoms in total. The lowest BCUT2D eigenvalue weighted by molar-refractivity contribution is -0.126. The van der Waals surface area contributed by atoms with E-state index < -0.39 is 0 Å². The summed E-state index contributed by atoms with van der Waals surface area (Å²) in [5.74, 6) is 0.179. The third-order valence-electron chi connectivity index (χ3n) is 2.93. The predicted molar refractivity (Wildman–Crippen MR) is 70.4 cm³/mol. The Kier molecular flexibility index (Phi) is 7.81. The van der Waals surface area contributed by atoms with E-state index in [0.29, 0.717) is 19.8 Å². The third kappa shape index (κ3) is 5.36. The molecule has 2 atom stereocenters. The van der Waals surface area contributed by atoms with Gasteiger partial charge in [-0.15, -0.1) is 0 Å². The van der Waals surface area contributed by atoms with Crippen molar-refractivity contribution in [1.82, 2.24) is 5.32 Å². The summed E-state index contributed by atoms with van der Waals surface area (Å²) in [5, 5.41) is 3.81. The van der Waals surface area contributed by atoms with Gasteiger partial charge in [-0.05, 0) is 19.3 Å². The Hall–Kier alpha value is -0.130. The van der Waals surface area contributed by atoms with E-state index in [2.05, 4.69) is 28.2 Å². The van der Waals surface area contributed by atoms with E-state index in [1.165, 1.54) is 0 Å². The van der Waals surface area contributed by atoms with Crippen molar-refractivity contribution in [2.24, 2.45) is 5.92 Å². The maximum Gasteiger partial charge on any atom is 0.225 e. The van der Waals surface area contributed by atoms with Crippen molar-refractivity contribution in [3.8, 4) is 0 Å². The second-order valence-electron chi connectivity index (χ2n) is 4.16. The maximum absolute atomic E-state index is 11.9. The minimum atomic E-state index is 0.0449. The Bertz CT molecular complexity index is 226. The lowest BCUT2D eigenvalue weighted by atomic mass is 9.99. The van der Waals surface area contributed by atoms with Crippen LogP contribution in [-0.2, 0) is 14.3 Å². The van der Waals surface area contributed by atoms with Crippen LogP contribution < -0.4 is 5.32 Å². The highest BCUT2D eigenvalue weighted by Gasteiger charge is 2.32. The first kappa shape index (κ1) is 14.9. The summed E-state index contributed by atoms with van der Waals surface area (Å²) >= 11 is 3.29. The Labute approximate surface area is 112 Å². The Morgan fingerprint density at radius 2 is 2.35 bits per heavy atom. The predicted octanol–water partition coefficient (Wildman–Crippen LogP) is 1.72. The molecule has 0 spiro atoms. The van der Waals surface area contributed by atoms with Gasteiger partial charge in [0.1, 0.15) is 0 Å². The fraction of sp³-hybridized carbons (Fsp3) is 0.917. The topological polar surface area (TPSA) is 47.6 Å². The minimum Gasteiger partial charge on any atom is -0.381 e. The highest BCUT2D eigenvalue weighted by molar-refractivity contribution is 9.09. The quantitative estimate of drug-likeness (QED) is 0.549. The Morgan fingerprint density at radius 1 is 1.53 bits per heavy atom. The van der Waals surface area contributed by atoms with Gasteiger partial charge >= 0.3 is 0 Å². The minimum absolute atomic E-state index is 0.0449. The molecule has 1 N–H and O–H groups in total. The van der Waals surface area contributed by atoms with Gasteiger partial charge in [0.25, 0.3) is 0 Å². The van der Waals surface area contributed by atoms with Crippen molar-refractivity contribution in [2.75, 3.05) is 31.7 Å². The first-order valence-corrected chi connectivity index (χ1v) is 7.44. The standard InChI is InChI=1S/C12H22BrNO3/c1-2-11-10(4-8-17-11)12(15)14-6-3-7-16-9-5-13/h10-11H,2-9H2,1H3,(H,14,15). The van der Waals surface area contributed by atoms with E-state index >= 15 is 0 Å². The first-order chi connectivity index (χ1) is 8.29. The Balaban J connectivity index is 2.08. The van der Waals surface area contributed by atoms with E-state index in [-0.39, 0.29) is 17.9 Å². The molecular weight excluding hydrogens is 286 g/mol. The van der Waals surface area contributed by atoms with E-state index in [9.17, 15) is 4.79 Å². The van der Waals surface area contributed by atoms with Crippen molar-refractivity contribution in [3.05, 3.63) is 0 Å². The molecule has 0 bridgehead atoms. The van der Waals surface area contributed by atoms with Crippen molar-refractivity contribution >= 4 is 21.8 Å². The van der Waals surface area contributed by atoms with Crippen molar-refractivity contribution < 1.29 is 14.3 Å². The van der Waals surface area contributed by atoms with Crippen molar-refractivity contribution in [3.63, 3.8) is 0 Å². The number of nitrogens with one attached hydrogen (secondary N) is 1. The number of halogens is 1. The number of amides is 1. The number of hydrogen-bond donors (Lipinski definition) is 1. The molecule has 0 aromatic rings. The summed E-state index contributed by atoms with van der Waals surface area (Å²) in [7, 11) is 0. The molecule has 1 heterocycles. The molecule has 1 amide bonds. The monoisotopic (exact) mass is 307 g/mol. The summed E-state index contributed by atoms with van der Waals surface area (Å²) < 4.78 is 10.8. The highest BCUT2D eigenvalue weighted by Crippen LogP contribution is 2.23. The fourth-order valence-electron chi connectivity index (χ4n) is 2.02. The van der Waals surface area contributed by atoms with Gasteiger partial charge in [-0.1, -0.05) is 22.9 Å². The van der Waals surface area contributed by atoms with Crippen LogP contribution in [0.2, 0.25) is 0 Å². The van der Waals surface area contributed by atoms with E-state index in [0.717, 1.165) is 31.2 Å². The smallest absolute Gasteiger partial charge is 0.225 e. The summed E-state index contributed by atoms with van der Waals surface area (Å²) in [4.78, 5) is 11.9. The fourth-order valence-corrected chi connectivity index (χ4v) is 2.25. The van der Waals surface area contributed by atoms with Crippen LogP contribution in [-0.4, -0.2) is 43.7 Å². The molecular formula is C12H22BrNO3. The average Bonchev–Trinajstić information content (AvgIpc) is 2.81. The molecule has 2 unspecified atom stereocenters. The summed E-state index contributed by atoms with van der Waals surface area (Å²) in [5.41, 5.74) is 0. The number of hydrogen-bond acceptors (Lipinski definition) is 3. The van der Waals surface area contributed by atoms with Crippen LogP contribution in [0.4, 0.5) is 0 Å². The largest absolute Gasteiger partial charge is 0.381 e. The summed E-state index contributed by atoms with van der Waals surface area (Å²) in [6.07, 6.45) is 2.74. The molecule has 1 saturated heterocycles. The SMILES string of the molecule is CCC1OCCC1C(=O)NCCCOCCBr. The normalized spacial score (nSPS) is 23.9. The molecule has 1 fully saturated rings. The molecule has 17 heavy (non-hydrogen) atoms. The summed E-state index contributed by atoms with van der Waals surface area (Å²) in [6, 6.07) is 0. The molecule has 5 heteroatoms. The van der Waals surface area contributed by atoms with E-state index in [1.807, 2.05) is 0 Å². The molecule has 1 rings (SSSR count). The summed E-state index contributed by atoms with van der Waals surface area (Å²) in [6.45, 7) is 4.88. The van der Waals surface area contributed by atoms with E-state index in [4.69, 9.17) is 9.47 Å². The average molecular weight is 308 g/mol. The second kappa shape index (κ2) is 8.89. The van der Waals surface area contributed by atoms with Gasteiger partial charge in [0.15, 0.2) is 0 Å². The van der Waals surface area contributed by atoms with Gasteiger partial charge in [0, 0.05) is 25.1 Å². The molecule has 100 valence electrons. The third-order valence-corrected chi connectivity index (χ3v) is 3.26. The lowest BCUT2D eigenvalue weighted by Crippen LogP contribution is -2.35. The molecule has 0 radical (unpaired) electrons. The van der Waals surface area contributed by atoms with Gasteiger partial charge in [0.05, 0.1) is 18.6 Å². The van der Waals surface area contributed by atoms with Crippen LogP contribution in [0.15, 0.2) is 0 Å². The van der Waals surface area contributed by atoms with Crippen LogP contribution >= 0.6 is 15.9 Å². The number of rotatable bonds is 8. The van der Waals surface area contributed by atoms with Crippen molar-refractivity contribution in [1.29, 1.82) is 0 Å². The molecule has 0 aromatic carbocycles. The second-order valence-corrected chi connectivity index (χ2v) is 4.95. The van der Waals surface area contributed by atoms with Crippen LogP contribution in [0.3, 0.4) is 0 Å². The maximum atomic E-state index is 11.9. The van der Waals surface area contributed by atoms with Gasteiger partial charge < -0.3 is 14.8 Å². The van der Waals surface area contributed by atoms with Gasteiger partial charge in [-0.3, -0.25) is 4.79 Å². The first-order valence-electron chi connectivity index (χ1n) is 6.32. The zero-order chi connectivity index (χ0) is 12.5. The van der Waals surface area contributed by atoms with Crippen LogP contribution in [0.5, 0.6) is 0 Å². The number of alkyl halides is 1. The van der Waals surface area contributed by atoms with Crippen molar-refractivity contribution in [2.45, 2.75) is 32.3 Å². The van der Waals surface area contributed by atoms with Gasteiger partial charge in [-0.2, -0.15) is 0 Å². The number of carbonyl (C=O) groups is 1. The Morgan fingerprint density at radius 3 is 3.06 bits per heavy atom. The molecule has 1 aliphatic heterocycles. The lowest BCUT2D eigenvalue weighted by Gasteiger charge is -2.16. The van der Waals surface area contributed by atoms with Crippen LogP contribution in [0.25, 0.3) is 0 Å². The number of ether oxygens (including phenoxy) is 2. The number of carbonyl (C=O) groups excluding carboxylic acids is 1. The van der Waals surface area contributed by atoms with Crippen LogP contribution in [0, 0.1) is 5.92 Å². The highest BCUT2D eigenvalue weighted by atomic mass is 79.9. The zero-order valence-corrected chi connectivity index (χ0v) is 12.0. The van der Waals surface area contributed by atoms with E-state index in [1.54, 1.807) is 0 Å². The molecule has 0 aromatic heterocycles. The van der Waals surface area contributed by atoms with Gasteiger partial charge in [0.2, 0.25) is 5.91 Å². The van der Waals surface area contributed by atoms with Gasteiger partial charge in [-0.25, -0.2) is 0 Å². The zero-order valence-electron chi connectivity index (χ0n) is 10.4. The molecule has 0 saturated carbocycles. The molecule has 1 aliphatic rings. The van der Waals surface area contributed by atoms with Crippen LogP contribution in [0.1, 0.15) is 26.2 Å². The molecule has 0 aliphatic carbocycles.